The van der Waals surface area contributed by atoms with E-state index >= 15 is 0 Å². The smallest absolute Gasteiger partial charge is 0.321 e. The van der Waals surface area contributed by atoms with Crippen LogP contribution in [0.2, 0.25) is 0 Å². The van der Waals surface area contributed by atoms with E-state index in [1.165, 1.54) is 6.92 Å². The van der Waals surface area contributed by atoms with Crippen LogP contribution in [0, 0.1) is 0 Å². The molecule has 2 heterocycles. The maximum atomic E-state index is 11.1. The van der Waals surface area contributed by atoms with Gasteiger partial charge in [-0.05, 0) is 12.2 Å². The van der Waals surface area contributed by atoms with Gasteiger partial charge in [0.25, 0.3) is 0 Å². The van der Waals surface area contributed by atoms with Gasteiger partial charge in [-0.2, -0.15) is 0 Å². The van der Waals surface area contributed by atoms with Gasteiger partial charge in [-0.3, -0.25) is 14.4 Å². The predicted octanol–water partition coefficient (Wildman–Crippen LogP) is -0.511. The van der Waals surface area contributed by atoms with E-state index in [1.54, 1.807) is 30.3 Å². The van der Waals surface area contributed by atoms with Gasteiger partial charge in [-0.25, -0.2) is 4.57 Å². The van der Waals surface area contributed by atoms with E-state index < -0.39 is 23.3 Å². The van der Waals surface area contributed by atoms with E-state index in [-0.39, 0.29) is 5.76 Å². The minimum atomic E-state index is -0.645. The van der Waals surface area contributed by atoms with Crippen molar-refractivity contribution < 1.29 is 9.53 Å². The monoisotopic (exact) mass is 222 g/mol. The van der Waals surface area contributed by atoms with Crippen molar-refractivity contribution in [1.82, 2.24) is 9.47 Å². The Balaban J connectivity index is 2.34. The second-order valence-electron chi connectivity index (χ2n) is 3.52. The topological polar surface area (TPSA) is 68.6 Å². The van der Waals surface area contributed by atoms with Crippen molar-refractivity contribution in [2.75, 3.05) is 7.05 Å². The van der Waals surface area contributed by atoms with Gasteiger partial charge in [0.2, 0.25) is 0 Å². The molecule has 0 saturated carbocycles. The number of esters is 1. The molecule has 1 aromatic rings. The zero-order chi connectivity index (χ0) is 11.9. The van der Waals surface area contributed by atoms with E-state index in [0.29, 0.717) is 0 Å². The van der Waals surface area contributed by atoms with E-state index in [0.717, 1.165) is 4.57 Å². The molecule has 1 aliphatic rings. The average molecular weight is 222 g/mol. The zero-order valence-electron chi connectivity index (χ0n) is 8.84. The highest BCUT2D eigenvalue weighted by atomic mass is 16.5. The van der Waals surface area contributed by atoms with Crippen LogP contribution in [0.4, 0.5) is 0 Å². The van der Waals surface area contributed by atoms with E-state index in [2.05, 4.69) is 0 Å². The molecule has 1 aliphatic heterocycles. The summed E-state index contributed by atoms with van der Waals surface area (Å²) in [7, 11) is 1.69. The summed E-state index contributed by atoms with van der Waals surface area (Å²) < 4.78 is 6.00. The van der Waals surface area contributed by atoms with Crippen molar-refractivity contribution in [3.8, 4) is 0 Å². The van der Waals surface area contributed by atoms with Gasteiger partial charge in [0.05, 0.1) is 0 Å². The predicted molar refractivity (Wildman–Crippen MR) is 55.1 cm³/mol. The van der Waals surface area contributed by atoms with Gasteiger partial charge >= 0.3 is 17.1 Å². The highest BCUT2D eigenvalue weighted by Gasteiger charge is 2.33. The molecule has 0 N–H and O–H groups in total. The fraction of sp³-hybridized carbons (Fsp3) is 0.300. The molecule has 0 saturated heterocycles. The zero-order valence-corrected chi connectivity index (χ0v) is 8.84. The van der Waals surface area contributed by atoms with Crippen LogP contribution < -0.4 is 11.1 Å². The van der Waals surface area contributed by atoms with Gasteiger partial charge in [0.15, 0.2) is 11.9 Å². The molecule has 0 fully saturated rings. The number of hydrogen-bond acceptors (Lipinski definition) is 5. The quantitative estimate of drug-likeness (QED) is 0.498. The molecule has 0 amide bonds. The van der Waals surface area contributed by atoms with Crippen molar-refractivity contribution in [3.63, 3.8) is 0 Å². The van der Waals surface area contributed by atoms with E-state index in [4.69, 9.17) is 4.74 Å². The number of rotatable bonds is 2. The summed E-state index contributed by atoms with van der Waals surface area (Å²) in [6.45, 7) is 1.27. The number of carbonyl (C=O) groups is 1. The Morgan fingerprint density at radius 3 is 2.50 bits per heavy atom. The largest absolute Gasteiger partial charge is 0.427 e. The van der Waals surface area contributed by atoms with Crippen LogP contribution in [-0.2, 0) is 9.53 Å². The standard InChI is InChI=1S/C10H10N2O4/c1-6(13)16-7-4-3-5-11(2)8(7)12-9(14)10(12)15/h3-5,8H,1-2H3. The Labute approximate surface area is 90.7 Å². The summed E-state index contributed by atoms with van der Waals surface area (Å²) >= 11 is 0. The highest BCUT2D eigenvalue weighted by molar-refractivity contribution is 5.67. The van der Waals surface area contributed by atoms with Gasteiger partial charge in [0, 0.05) is 20.2 Å². The molecular formula is C10H10N2O4. The lowest BCUT2D eigenvalue weighted by Crippen LogP contribution is -2.29. The van der Waals surface area contributed by atoms with Gasteiger partial charge in [-0.1, -0.05) is 0 Å². The lowest BCUT2D eigenvalue weighted by molar-refractivity contribution is -0.138. The Hall–Kier alpha value is -2.11. The van der Waals surface area contributed by atoms with Gasteiger partial charge in [0.1, 0.15) is 0 Å². The molecule has 84 valence electrons. The maximum Gasteiger partial charge on any atom is 0.321 e. The second kappa shape index (κ2) is 3.48. The number of nitrogens with zero attached hydrogens (tertiary/aromatic N) is 2. The Morgan fingerprint density at radius 2 is 2.00 bits per heavy atom. The first-order valence-corrected chi connectivity index (χ1v) is 4.68. The summed E-state index contributed by atoms with van der Waals surface area (Å²) in [4.78, 5) is 34.6. The molecule has 1 atom stereocenters. The molecule has 0 aromatic carbocycles. The summed E-state index contributed by atoms with van der Waals surface area (Å²) in [6, 6.07) is 0. The normalized spacial score (nSPS) is 20.0. The molecule has 16 heavy (non-hydrogen) atoms. The first-order chi connectivity index (χ1) is 7.52. The molecule has 0 radical (unpaired) electrons. The van der Waals surface area contributed by atoms with Crippen LogP contribution in [0.25, 0.3) is 0 Å². The minimum Gasteiger partial charge on any atom is -0.427 e. The third-order valence-electron chi connectivity index (χ3n) is 2.30. The molecule has 2 rings (SSSR count). The van der Waals surface area contributed by atoms with Crippen LogP contribution in [0.15, 0.2) is 33.7 Å². The fourth-order valence-corrected chi connectivity index (χ4v) is 1.57. The van der Waals surface area contributed by atoms with Gasteiger partial charge < -0.3 is 9.64 Å². The van der Waals surface area contributed by atoms with Crippen molar-refractivity contribution in [2.45, 2.75) is 13.1 Å². The third-order valence-corrected chi connectivity index (χ3v) is 2.30. The van der Waals surface area contributed by atoms with Crippen LogP contribution >= 0.6 is 0 Å². The average Bonchev–Trinajstić information content (AvgIpc) is 2.75. The lowest BCUT2D eigenvalue weighted by atomic mass is 10.2. The number of allylic oxidation sites excluding steroid dienone is 2. The van der Waals surface area contributed by atoms with Crippen LogP contribution in [0.3, 0.4) is 0 Å². The summed E-state index contributed by atoms with van der Waals surface area (Å²) in [5, 5.41) is 0. The minimum absolute atomic E-state index is 0.275. The molecule has 1 unspecified atom stereocenters. The second-order valence-corrected chi connectivity index (χ2v) is 3.52. The Bertz CT molecular complexity index is 534. The maximum absolute atomic E-state index is 11.1. The van der Waals surface area contributed by atoms with Crippen molar-refractivity contribution in [2.24, 2.45) is 0 Å². The first kappa shape index (κ1) is 10.4. The summed E-state index contributed by atoms with van der Waals surface area (Å²) in [5.41, 5.74) is -1.13. The van der Waals surface area contributed by atoms with Crippen LogP contribution in [-0.4, -0.2) is 22.5 Å². The van der Waals surface area contributed by atoms with Gasteiger partial charge in [-0.15, -0.1) is 0 Å². The molecule has 0 aliphatic carbocycles. The SMILES string of the molecule is CC(=O)OC1=CC=CN(C)C1n1c(=O)c1=O. The molecule has 1 aromatic heterocycles. The number of ether oxygens (including phenoxy) is 1. The Kier molecular flexibility index (Phi) is 2.26. The Morgan fingerprint density at radius 1 is 1.38 bits per heavy atom. The van der Waals surface area contributed by atoms with Crippen molar-refractivity contribution in [1.29, 1.82) is 0 Å². The molecular weight excluding hydrogens is 212 g/mol. The summed E-state index contributed by atoms with van der Waals surface area (Å²) in [6.07, 6.45) is 4.28. The highest BCUT2D eigenvalue weighted by Crippen LogP contribution is 2.24. The molecule has 0 bridgehead atoms. The number of carbonyl (C=O) groups excluding carboxylic acids is 1. The third kappa shape index (κ3) is 1.58. The summed E-state index contributed by atoms with van der Waals surface area (Å²) in [5.74, 6) is -0.210. The number of aromatic nitrogens is 1. The number of hydrogen-bond donors (Lipinski definition) is 0. The first-order valence-electron chi connectivity index (χ1n) is 4.68. The number of likely N-dealkylation sites (N-methyl/N-ethyl adjacent to an activating group) is 1. The lowest BCUT2D eigenvalue weighted by Gasteiger charge is -2.28. The van der Waals surface area contributed by atoms with Crippen LogP contribution in [0.5, 0.6) is 0 Å². The van der Waals surface area contributed by atoms with Crippen molar-refractivity contribution >= 4 is 5.97 Å². The van der Waals surface area contributed by atoms with Crippen LogP contribution in [0.1, 0.15) is 13.1 Å². The van der Waals surface area contributed by atoms with Crippen molar-refractivity contribution in [3.05, 3.63) is 44.8 Å². The van der Waals surface area contributed by atoms with E-state index in [1.807, 2.05) is 0 Å². The van der Waals surface area contributed by atoms with E-state index in [9.17, 15) is 14.4 Å². The molecule has 0 spiro atoms. The molecule has 6 heteroatoms. The fourth-order valence-electron chi connectivity index (χ4n) is 1.57. The molecule has 6 nitrogen and oxygen atoms in total.